The van der Waals surface area contributed by atoms with Gasteiger partial charge in [-0.25, -0.2) is 33.7 Å². The van der Waals surface area contributed by atoms with Crippen LogP contribution < -0.4 is 36.1 Å². The fourth-order valence-electron chi connectivity index (χ4n) is 9.51. The summed E-state index contributed by atoms with van der Waals surface area (Å²) in [5.74, 6) is 2.44. The number of para-hydroxylation sites is 1. The number of phenols is 1. The van der Waals surface area contributed by atoms with Crippen LogP contribution in [0, 0.1) is 0 Å². The first-order valence-electron chi connectivity index (χ1n) is 28.9. The third kappa shape index (κ3) is 14.1. The van der Waals surface area contributed by atoms with Crippen LogP contribution >= 0.6 is 34.4 Å². The molecule has 0 atom stereocenters. The van der Waals surface area contributed by atoms with Crippen LogP contribution in [0.25, 0.3) is 41.7 Å². The van der Waals surface area contributed by atoms with Gasteiger partial charge in [0.15, 0.2) is 15.6 Å². The summed E-state index contributed by atoms with van der Waals surface area (Å²) >= 11 is 4.53. The molecule has 22 nitrogen and oxygen atoms in total. The molecule has 12 aromatic rings. The highest BCUT2D eigenvalue weighted by atomic mass is 32.2. The van der Waals surface area contributed by atoms with E-state index in [0.29, 0.717) is 50.9 Å². The number of nitrogens with one attached hydrogen (secondary N) is 5. The lowest BCUT2D eigenvalue weighted by Gasteiger charge is -2.14. The van der Waals surface area contributed by atoms with E-state index in [-0.39, 0.29) is 54.8 Å². The summed E-state index contributed by atoms with van der Waals surface area (Å²) in [6.45, 7) is 14.7. The molecule has 6 aromatic heterocycles. The van der Waals surface area contributed by atoms with Crippen LogP contribution in [0.2, 0.25) is 0 Å². The predicted molar refractivity (Wildman–Crippen MR) is 355 cm³/mol. The van der Waals surface area contributed by atoms with Crippen molar-refractivity contribution in [3.8, 4) is 34.4 Å². The lowest BCUT2D eigenvalue weighted by Crippen LogP contribution is -2.29. The molecular weight excluding hydrogens is 1220 g/mol. The largest absolute Gasteiger partial charge is 0.508 e. The van der Waals surface area contributed by atoms with Crippen LogP contribution in [-0.2, 0) is 22.1 Å². The number of aromatic hydroxyl groups is 1. The molecule has 466 valence electrons. The van der Waals surface area contributed by atoms with Gasteiger partial charge in [-0.1, -0.05) is 94.2 Å². The average Bonchev–Trinajstić information content (AvgIpc) is 1.87. The van der Waals surface area contributed by atoms with E-state index in [1.54, 1.807) is 70.0 Å². The highest BCUT2D eigenvalue weighted by Gasteiger charge is 2.25. The smallest absolute Gasteiger partial charge is 0.357 e. The molecule has 0 spiro atoms. The van der Waals surface area contributed by atoms with Gasteiger partial charge in [-0.2, -0.15) is 10.2 Å². The number of carbonyl (C=O) groups excluding carboxylic acids is 4. The number of anilines is 3. The summed E-state index contributed by atoms with van der Waals surface area (Å²) in [6.07, 6.45) is 3.08. The Kier molecular flexibility index (Phi) is 18.2. The van der Waals surface area contributed by atoms with Crippen LogP contribution in [0.5, 0.6) is 23.0 Å². The third-order valence-corrected chi connectivity index (χ3v) is 17.2. The summed E-state index contributed by atoms with van der Waals surface area (Å²) < 4.78 is 25.6. The van der Waals surface area contributed by atoms with Crippen molar-refractivity contribution in [3.05, 3.63) is 186 Å². The second kappa shape index (κ2) is 26.5. The van der Waals surface area contributed by atoms with Crippen molar-refractivity contribution in [1.29, 1.82) is 0 Å². The number of esters is 1. The van der Waals surface area contributed by atoms with Crippen LogP contribution in [-0.4, -0.2) is 99.4 Å². The fraction of sp³-hybridized carbons (Fsp3) is 0.212. The first-order chi connectivity index (χ1) is 43.7. The average molecular weight is 1280 g/mol. The minimum Gasteiger partial charge on any atom is -0.508 e. The number of aromatic nitrogens is 8. The zero-order valence-electron chi connectivity index (χ0n) is 50.9. The molecule has 0 aliphatic carbocycles. The number of nitrogens with zero attached hydrogens (tertiary/aromatic N) is 8. The number of benzene rings is 6. The number of rotatable bonds is 17. The van der Waals surface area contributed by atoms with Gasteiger partial charge >= 0.3 is 18.0 Å². The Morgan fingerprint density at radius 2 is 1.18 bits per heavy atom. The molecule has 0 saturated heterocycles. The van der Waals surface area contributed by atoms with Crippen molar-refractivity contribution in [1.82, 2.24) is 49.0 Å². The maximum atomic E-state index is 13.2. The van der Waals surface area contributed by atoms with Gasteiger partial charge in [0.1, 0.15) is 40.3 Å². The minimum absolute atomic E-state index is 0.129. The second-order valence-electron chi connectivity index (χ2n) is 22.8. The number of hydrogen-bond acceptors (Lipinski definition) is 16. The molecule has 0 unspecified atom stereocenters. The monoisotopic (exact) mass is 1280 g/mol. The van der Waals surface area contributed by atoms with E-state index in [2.05, 4.69) is 84.2 Å². The van der Waals surface area contributed by atoms with Crippen LogP contribution in [0.1, 0.15) is 86.4 Å². The number of fused-ring (bicyclic) bond motifs is 6. The second-order valence-corrected chi connectivity index (χ2v) is 25.9. The van der Waals surface area contributed by atoms with Gasteiger partial charge < -0.3 is 40.4 Å². The maximum Gasteiger partial charge on any atom is 0.357 e. The quantitative estimate of drug-likeness (QED) is 0.0418. The summed E-state index contributed by atoms with van der Waals surface area (Å²) in [6, 6.07) is 43.8. The fourth-order valence-corrected chi connectivity index (χ4v) is 12.5. The molecule has 91 heavy (non-hydrogen) atoms. The number of carbonyl (C=O) groups is 4. The Morgan fingerprint density at radius 1 is 0.615 bits per heavy atom. The normalized spacial score (nSPS) is 11.6. The molecule has 0 aliphatic rings. The molecule has 0 saturated carbocycles. The summed E-state index contributed by atoms with van der Waals surface area (Å²) in [5.41, 5.74) is 6.65. The molecule has 0 fully saturated rings. The minimum atomic E-state index is -0.416. The number of amides is 5. The Labute approximate surface area is 534 Å². The molecule has 25 heteroatoms. The van der Waals surface area contributed by atoms with E-state index >= 15 is 0 Å². The number of aliphatic hydroxyl groups is 1. The van der Waals surface area contributed by atoms with Gasteiger partial charge in [0.2, 0.25) is 0 Å². The Hall–Kier alpha value is -10.2. The number of thiazole rings is 2. The number of methoxy groups -OCH3 is 1. The molecule has 7 N–H and O–H groups in total. The van der Waals surface area contributed by atoms with E-state index in [9.17, 15) is 24.3 Å². The zero-order chi connectivity index (χ0) is 64.1. The number of imidazole rings is 2. The highest BCUT2D eigenvalue weighted by molar-refractivity contribution is 7.99. The predicted octanol–water partition coefficient (Wildman–Crippen LogP) is 13.6. The van der Waals surface area contributed by atoms with Crippen LogP contribution in [0.3, 0.4) is 0 Å². The van der Waals surface area contributed by atoms with Crippen LogP contribution in [0.4, 0.5) is 26.9 Å². The van der Waals surface area contributed by atoms with Crippen LogP contribution in [0.15, 0.2) is 168 Å². The van der Waals surface area contributed by atoms with Gasteiger partial charge in [-0.15, -0.1) is 0 Å². The number of urea groups is 2. The van der Waals surface area contributed by atoms with Gasteiger partial charge in [0.25, 0.3) is 5.91 Å². The summed E-state index contributed by atoms with van der Waals surface area (Å²) in [5, 5.41) is 42.6. The van der Waals surface area contributed by atoms with Gasteiger partial charge in [-0.3, -0.25) is 24.2 Å². The van der Waals surface area contributed by atoms with Gasteiger partial charge in [0, 0.05) is 63.2 Å². The van der Waals surface area contributed by atoms with E-state index in [0.717, 1.165) is 63.6 Å². The number of aliphatic hydroxyl groups excluding tert-OH is 1. The number of hydrogen-bond donors (Lipinski definition) is 7. The van der Waals surface area contributed by atoms with E-state index in [4.69, 9.17) is 29.5 Å². The van der Waals surface area contributed by atoms with Gasteiger partial charge in [-0.05, 0) is 116 Å². The van der Waals surface area contributed by atoms with Gasteiger partial charge in [0.05, 0.1) is 75.9 Å². The third-order valence-electron chi connectivity index (χ3n) is 14.2. The Balaban J connectivity index is 0.000000187. The topological polar surface area (TPSA) is 267 Å². The first-order valence-corrected chi connectivity index (χ1v) is 31.4. The maximum absolute atomic E-state index is 13.2. The van der Waals surface area contributed by atoms with Crippen molar-refractivity contribution in [2.24, 2.45) is 0 Å². The van der Waals surface area contributed by atoms with Crippen molar-refractivity contribution in [3.63, 3.8) is 0 Å². The summed E-state index contributed by atoms with van der Waals surface area (Å²) in [7, 11) is 1.62. The van der Waals surface area contributed by atoms with Crippen molar-refractivity contribution in [2.45, 2.75) is 75.6 Å². The molecule has 5 amide bonds. The summed E-state index contributed by atoms with van der Waals surface area (Å²) in [4.78, 5) is 63.3. The Bertz CT molecular complexity index is 4630. The molecule has 0 aliphatic heterocycles. The SMILES string of the molecule is CC(C)(C)c1cc(NC(=O)Nc2ccc(Sc3ccc4c(c3)sc3ncc(C(=O)NCCO)n34)cc2)n(-c2ccc(O)cc2)n1.CCOC(=O)c1cnc2sc3cc(Oc4ccccc4CNC(=O)Nc4cc(C(C)(C)C)nn4-c4ccc(OC)cc4)ccc3n12. The Morgan fingerprint density at radius 3 is 1.79 bits per heavy atom. The lowest BCUT2D eigenvalue weighted by molar-refractivity contribution is 0.0518. The molecule has 12 rings (SSSR count). The highest BCUT2D eigenvalue weighted by Crippen LogP contribution is 2.37. The first kappa shape index (κ1) is 62.4. The number of phenolic OH excluding ortho intramolecular Hbond substituents is 1. The number of ether oxygens (including phenoxy) is 3. The molecular formula is C66H65N13O9S3. The van der Waals surface area contributed by atoms with E-state index < -0.39 is 12.0 Å². The molecule has 0 bridgehead atoms. The molecule has 0 radical (unpaired) electrons. The lowest BCUT2D eigenvalue weighted by atomic mass is 9.92. The zero-order valence-corrected chi connectivity index (χ0v) is 53.3. The standard InChI is InChI=1S/C34H34N6O5S.C32H31N7O4S2/c1-6-44-31(41)26-20-36-33-39(26)25-16-15-24(17-28(25)46-33)45-27-10-8-7-9-21(27)19-35-32(42)37-30-18-29(34(2,3)4)38-40(30)22-11-13-23(43-5)14-12-22;1-32(2,3)27-17-28(39(37-27)20-6-8-21(41)9-7-20)36-30(43)35-19-4-10-22(11-5-19)44-23-12-13-24-26(16-23)45-31-34-18-25(38(24)31)29(42)33-14-15-40/h7-18,20H,6,19H2,1-5H3,(H2,35,37,42);4-13,16-18,40-41H,14-15H2,1-3H3,(H,33,42)(H2,35,36,43). The van der Waals surface area contributed by atoms with Crippen molar-refractivity contribution in [2.75, 3.05) is 42.8 Å². The van der Waals surface area contributed by atoms with E-state index in [1.807, 2.05) is 120 Å². The van der Waals surface area contributed by atoms with E-state index in [1.165, 1.54) is 28.9 Å². The molecule has 6 heterocycles. The van der Waals surface area contributed by atoms with Crippen molar-refractivity contribution >= 4 is 106 Å². The molecule has 6 aromatic carbocycles. The van der Waals surface area contributed by atoms with Crippen molar-refractivity contribution < 1.29 is 43.6 Å².